The third-order valence-corrected chi connectivity index (χ3v) is 5.42. The summed E-state index contributed by atoms with van der Waals surface area (Å²) < 4.78 is 26.7. The van der Waals surface area contributed by atoms with Crippen molar-refractivity contribution < 1.29 is 13.2 Å². The topological polar surface area (TPSA) is 63.2 Å². The first-order valence-corrected chi connectivity index (χ1v) is 8.68. The number of amides is 1. The van der Waals surface area contributed by atoms with Crippen molar-refractivity contribution in [1.82, 2.24) is 4.72 Å². The molecule has 0 spiro atoms. The molecule has 0 aromatic heterocycles. The average Bonchev–Trinajstić information content (AvgIpc) is 3.29. The standard InChI is InChI=1S/C16H14ClNO3S/c17-13-6-4-5-12(11-13)16(9-10-16)15(19)18-22(20,21)14-7-2-1-3-8-14/h1-8,11H,9-10H2,(H,18,19). The lowest BCUT2D eigenvalue weighted by Gasteiger charge is -2.16. The van der Waals surface area contributed by atoms with Crippen LogP contribution >= 0.6 is 11.6 Å². The molecule has 0 saturated heterocycles. The third-order valence-electron chi connectivity index (χ3n) is 3.84. The van der Waals surface area contributed by atoms with Gasteiger partial charge in [0.05, 0.1) is 10.3 Å². The zero-order chi connectivity index (χ0) is 15.8. The molecule has 2 aromatic rings. The Labute approximate surface area is 134 Å². The van der Waals surface area contributed by atoms with Crippen molar-refractivity contribution in [3.63, 3.8) is 0 Å². The molecule has 4 nitrogen and oxygen atoms in total. The monoisotopic (exact) mass is 335 g/mol. The molecule has 1 amide bonds. The van der Waals surface area contributed by atoms with Crippen molar-refractivity contribution in [3.8, 4) is 0 Å². The smallest absolute Gasteiger partial charge is 0.264 e. The normalized spacial score (nSPS) is 16.0. The van der Waals surface area contributed by atoms with Crippen LogP contribution in [0.25, 0.3) is 0 Å². The molecule has 0 aliphatic heterocycles. The SMILES string of the molecule is O=C(NS(=O)(=O)c1ccccc1)C1(c2cccc(Cl)c2)CC1. The molecule has 1 aliphatic carbocycles. The molecule has 3 rings (SSSR count). The summed E-state index contributed by atoms with van der Waals surface area (Å²) in [5.41, 5.74) is -0.0343. The van der Waals surface area contributed by atoms with Crippen LogP contribution in [-0.4, -0.2) is 14.3 Å². The Bertz CT molecular complexity index is 814. The van der Waals surface area contributed by atoms with Crippen molar-refractivity contribution in [2.75, 3.05) is 0 Å². The molecule has 1 saturated carbocycles. The van der Waals surface area contributed by atoms with Crippen molar-refractivity contribution in [2.45, 2.75) is 23.2 Å². The molecular formula is C16H14ClNO3S. The maximum atomic E-state index is 12.5. The minimum atomic E-state index is -3.85. The van der Waals surface area contributed by atoms with Gasteiger partial charge in [0.1, 0.15) is 0 Å². The second kappa shape index (κ2) is 5.41. The number of sulfonamides is 1. The fraction of sp³-hybridized carbons (Fsp3) is 0.188. The summed E-state index contributed by atoms with van der Waals surface area (Å²) in [5.74, 6) is -0.501. The summed E-state index contributed by atoms with van der Waals surface area (Å²) in [6, 6.07) is 14.8. The molecule has 1 aliphatic rings. The molecular weight excluding hydrogens is 322 g/mol. The molecule has 0 atom stereocenters. The lowest BCUT2D eigenvalue weighted by molar-refractivity contribution is -0.121. The maximum Gasteiger partial charge on any atom is 0.264 e. The zero-order valence-corrected chi connectivity index (χ0v) is 13.2. The van der Waals surface area contributed by atoms with Crippen molar-refractivity contribution in [2.24, 2.45) is 0 Å². The molecule has 22 heavy (non-hydrogen) atoms. The van der Waals surface area contributed by atoms with E-state index in [4.69, 9.17) is 11.6 Å². The fourth-order valence-corrected chi connectivity index (χ4v) is 3.70. The van der Waals surface area contributed by atoms with Crippen molar-refractivity contribution in [1.29, 1.82) is 0 Å². The predicted molar refractivity (Wildman–Crippen MR) is 84.1 cm³/mol. The van der Waals surface area contributed by atoms with E-state index in [1.54, 1.807) is 42.5 Å². The zero-order valence-electron chi connectivity index (χ0n) is 11.6. The van der Waals surface area contributed by atoms with Crippen LogP contribution in [0.4, 0.5) is 0 Å². The van der Waals surface area contributed by atoms with Gasteiger partial charge in [-0.3, -0.25) is 4.79 Å². The summed E-state index contributed by atoms with van der Waals surface area (Å²) in [6.07, 6.45) is 1.23. The number of nitrogens with one attached hydrogen (secondary N) is 1. The minimum Gasteiger partial charge on any atom is -0.273 e. The molecule has 2 aromatic carbocycles. The number of carbonyl (C=O) groups excluding carboxylic acids is 1. The number of carbonyl (C=O) groups is 1. The van der Waals surface area contributed by atoms with Crippen LogP contribution in [-0.2, 0) is 20.2 Å². The Kier molecular flexibility index (Phi) is 3.70. The van der Waals surface area contributed by atoms with Gasteiger partial charge < -0.3 is 0 Å². The van der Waals surface area contributed by atoms with Gasteiger partial charge in [0.2, 0.25) is 5.91 Å². The predicted octanol–water partition coefficient (Wildman–Crippen LogP) is 2.88. The molecule has 0 bridgehead atoms. The van der Waals surface area contributed by atoms with E-state index < -0.39 is 21.3 Å². The lowest BCUT2D eigenvalue weighted by Crippen LogP contribution is -2.38. The first-order valence-electron chi connectivity index (χ1n) is 6.82. The number of hydrogen-bond acceptors (Lipinski definition) is 3. The molecule has 0 radical (unpaired) electrons. The van der Waals surface area contributed by atoms with Gasteiger partial charge in [0.25, 0.3) is 10.0 Å². The van der Waals surface area contributed by atoms with Crippen molar-refractivity contribution in [3.05, 3.63) is 65.2 Å². The Morgan fingerprint density at radius 2 is 1.73 bits per heavy atom. The van der Waals surface area contributed by atoms with E-state index in [1.807, 2.05) is 0 Å². The van der Waals surface area contributed by atoms with Crippen LogP contribution in [0.5, 0.6) is 0 Å². The number of hydrogen-bond donors (Lipinski definition) is 1. The van der Waals surface area contributed by atoms with Crippen LogP contribution in [0.15, 0.2) is 59.5 Å². The summed E-state index contributed by atoms with van der Waals surface area (Å²) in [5, 5.41) is 0.530. The number of halogens is 1. The first kappa shape index (κ1) is 15.1. The fourth-order valence-electron chi connectivity index (χ4n) is 2.44. The second-order valence-corrected chi connectivity index (χ2v) is 7.46. The molecule has 0 unspecified atom stereocenters. The highest BCUT2D eigenvalue weighted by molar-refractivity contribution is 7.90. The van der Waals surface area contributed by atoms with Crippen LogP contribution in [0.3, 0.4) is 0 Å². The average molecular weight is 336 g/mol. The molecule has 114 valence electrons. The van der Waals surface area contributed by atoms with Gasteiger partial charge in [-0.15, -0.1) is 0 Å². The van der Waals surface area contributed by atoms with E-state index in [0.29, 0.717) is 17.9 Å². The van der Waals surface area contributed by atoms with Gasteiger partial charge in [-0.2, -0.15) is 0 Å². The molecule has 0 heterocycles. The highest BCUT2D eigenvalue weighted by atomic mass is 35.5. The van der Waals surface area contributed by atoms with Gasteiger partial charge in [-0.1, -0.05) is 41.9 Å². The summed E-state index contributed by atoms with van der Waals surface area (Å²) >= 11 is 5.96. The Morgan fingerprint density at radius 1 is 1.05 bits per heavy atom. The number of benzene rings is 2. The van der Waals surface area contributed by atoms with Crippen LogP contribution in [0.1, 0.15) is 18.4 Å². The van der Waals surface area contributed by atoms with E-state index in [2.05, 4.69) is 4.72 Å². The van der Waals surface area contributed by atoms with E-state index in [1.165, 1.54) is 12.1 Å². The first-order chi connectivity index (χ1) is 10.4. The number of rotatable bonds is 4. The van der Waals surface area contributed by atoms with E-state index in [-0.39, 0.29) is 4.90 Å². The van der Waals surface area contributed by atoms with Crippen LogP contribution in [0, 0.1) is 0 Å². The van der Waals surface area contributed by atoms with Crippen LogP contribution < -0.4 is 4.72 Å². The highest BCUT2D eigenvalue weighted by Gasteiger charge is 2.52. The minimum absolute atomic E-state index is 0.0743. The quantitative estimate of drug-likeness (QED) is 0.934. The van der Waals surface area contributed by atoms with Gasteiger partial charge in [-0.25, -0.2) is 13.1 Å². The van der Waals surface area contributed by atoms with E-state index in [9.17, 15) is 13.2 Å². The molecule has 1 N–H and O–H groups in total. The molecule has 1 fully saturated rings. The van der Waals surface area contributed by atoms with Gasteiger partial charge in [-0.05, 0) is 42.7 Å². The van der Waals surface area contributed by atoms with E-state index in [0.717, 1.165) is 5.56 Å². The highest BCUT2D eigenvalue weighted by Crippen LogP contribution is 2.49. The Morgan fingerprint density at radius 3 is 2.32 bits per heavy atom. The Balaban J connectivity index is 1.86. The summed E-state index contributed by atoms with van der Waals surface area (Å²) in [4.78, 5) is 12.6. The van der Waals surface area contributed by atoms with Gasteiger partial charge >= 0.3 is 0 Å². The second-order valence-electron chi connectivity index (χ2n) is 5.34. The maximum absolute atomic E-state index is 12.5. The van der Waals surface area contributed by atoms with Crippen molar-refractivity contribution >= 4 is 27.5 Å². The van der Waals surface area contributed by atoms with E-state index >= 15 is 0 Å². The summed E-state index contributed by atoms with van der Waals surface area (Å²) in [7, 11) is -3.85. The van der Waals surface area contributed by atoms with Gasteiger partial charge in [0, 0.05) is 5.02 Å². The molecule has 6 heteroatoms. The van der Waals surface area contributed by atoms with Crippen LogP contribution in [0.2, 0.25) is 5.02 Å². The Hall–Kier alpha value is -1.85. The van der Waals surface area contributed by atoms with Gasteiger partial charge in [0.15, 0.2) is 0 Å². The lowest BCUT2D eigenvalue weighted by atomic mass is 9.95. The summed E-state index contributed by atoms with van der Waals surface area (Å²) in [6.45, 7) is 0. The largest absolute Gasteiger partial charge is 0.273 e. The third kappa shape index (κ3) is 2.74.